The van der Waals surface area contributed by atoms with Gasteiger partial charge in [-0.1, -0.05) is 0 Å². The van der Waals surface area contributed by atoms with Gasteiger partial charge in [0.1, 0.15) is 11.6 Å². The van der Waals surface area contributed by atoms with Gasteiger partial charge in [-0.2, -0.15) is 17.9 Å². The maximum absolute atomic E-state index is 8.29. The average molecular weight is 256 g/mol. The number of nitrogens with zero attached hydrogens (tertiary/aromatic N) is 4. The summed E-state index contributed by atoms with van der Waals surface area (Å²) in [5.41, 5.74) is 13.1. The molecule has 0 aliphatic rings. The lowest BCUT2D eigenvalue weighted by atomic mass is 10.2. The summed E-state index contributed by atoms with van der Waals surface area (Å²) in [6, 6.07) is 0. The van der Waals surface area contributed by atoms with Gasteiger partial charge in [-0.3, -0.25) is 0 Å². The SMILES string of the molecule is Cc1nc2nc(C)c(CN)c(N)n2n1.O=S=O. The van der Waals surface area contributed by atoms with Crippen molar-refractivity contribution in [2.45, 2.75) is 20.4 Å². The lowest BCUT2D eigenvalue weighted by Gasteiger charge is -2.06. The summed E-state index contributed by atoms with van der Waals surface area (Å²) in [7, 11) is 0. The minimum Gasteiger partial charge on any atom is -0.383 e. The van der Waals surface area contributed by atoms with Crippen LogP contribution in [0.15, 0.2) is 0 Å². The fraction of sp³-hybridized carbons (Fsp3) is 0.375. The first-order valence-electron chi connectivity index (χ1n) is 4.65. The molecular weight excluding hydrogens is 244 g/mol. The zero-order chi connectivity index (χ0) is 13.0. The topological polar surface area (TPSA) is 129 Å². The molecule has 0 unspecified atom stereocenters. The molecule has 9 heteroatoms. The molecule has 92 valence electrons. The van der Waals surface area contributed by atoms with E-state index in [2.05, 4.69) is 15.1 Å². The van der Waals surface area contributed by atoms with Gasteiger partial charge < -0.3 is 11.5 Å². The molecule has 2 heterocycles. The van der Waals surface area contributed by atoms with Crippen molar-refractivity contribution >= 4 is 23.2 Å². The minimum atomic E-state index is -0.750. The second kappa shape index (κ2) is 5.46. The summed E-state index contributed by atoms with van der Waals surface area (Å²) in [5.74, 6) is 1.70. The van der Waals surface area contributed by atoms with Gasteiger partial charge in [0.25, 0.3) is 5.78 Å². The summed E-state index contributed by atoms with van der Waals surface area (Å²) in [4.78, 5) is 8.39. The van der Waals surface area contributed by atoms with Crippen molar-refractivity contribution in [3.63, 3.8) is 0 Å². The molecule has 0 saturated carbocycles. The Bertz CT molecular complexity index is 575. The first kappa shape index (κ1) is 13.2. The third-order valence-corrected chi connectivity index (χ3v) is 2.14. The number of nitrogen functional groups attached to an aromatic ring is 1. The zero-order valence-corrected chi connectivity index (χ0v) is 10.2. The Morgan fingerprint density at radius 1 is 1.29 bits per heavy atom. The molecule has 8 nitrogen and oxygen atoms in total. The van der Waals surface area contributed by atoms with Crippen molar-refractivity contribution in [3.8, 4) is 0 Å². The number of anilines is 1. The average Bonchev–Trinajstić information content (AvgIpc) is 2.61. The molecule has 0 radical (unpaired) electrons. The van der Waals surface area contributed by atoms with Crippen LogP contribution in [0.3, 0.4) is 0 Å². The smallest absolute Gasteiger partial charge is 0.335 e. The van der Waals surface area contributed by atoms with Crippen LogP contribution in [0, 0.1) is 13.8 Å². The van der Waals surface area contributed by atoms with Crippen LogP contribution >= 0.6 is 0 Å². The minimum absolute atomic E-state index is 0.361. The van der Waals surface area contributed by atoms with Gasteiger partial charge in [0.15, 0.2) is 0 Å². The molecular formula is C8H12N6O2S. The van der Waals surface area contributed by atoms with Gasteiger partial charge in [0.05, 0.1) is 0 Å². The summed E-state index contributed by atoms with van der Waals surface area (Å²) >= 11 is -0.750. The molecule has 17 heavy (non-hydrogen) atoms. The Morgan fingerprint density at radius 3 is 2.41 bits per heavy atom. The molecule has 0 aliphatic carbocycles. The van der Waals surface area contributed by atoms with Gasteiger partial charge in [0.2, 0.25) is 0 Å². The van der Waals surface area contributed by atoms with Crippen LogP contribution in [0.1, 0.15) is 17.1 Å². The molecule has 0 amide bonds. The van der Waals surface area contributed by atoms with Crippen LogP contribution in [-0.4, -0.2) is 28.0 Å². The fourth-order valence-corrected chi connectivity index (χ4v) is 1.42. The van der Waals surface area contributed by atoms with Crippen LogP contribution in [0.5, 0.6) is 0 Å². The normalized spacial score (nSPS) is 9.82. The van der Waals surface area contributed by atoms with E-state index in [-0.39, 0.29) is 0 Å². The van der Waals surface area contributed by atoms with E-state index in [0.29, 0.717) is 24.0 Å². The van der Waals surface area contributed by atoms with Crippen molar-refractivity contribution in [2.24, 2.45) is 5.73 Å². The van der Waals surface area contributed by atoms with E-state index in [0.717, 1.165) is 11.3 Å². The monoisotopic (exact) mass is 256 g/mol. The van der Waals surface area contributed by atoms with Crippen LogP contribution in [0.2, 0.25) is 0 Å². The Labute approximate surface area is 101 Å². The standard InChI is InChI=1S/C8H12N6.O2S/c1-4-6(3-9)7(10)14-8(11-4)12-5(2)13-14;1-3-2/h3,9-10H2,1-2H3;. The van der Waals surface area contributed by atoms with E-state index in [1.54, 1.807) is 6.92 Å². The summed E-state index contributed by atoms with van der Waals surface area (Å²) in [5, 5.41) is 4.12. The highest BCUT2D eigenvalue weighted by Crippen LogP contribution is 2.15. The van der Waals surface area contributed by atoms with Gasteiger partial charge in [-0.15, -0.1) is 5.10 Å². The zero-order valence-electron chi connectivity index (χ0n) is 9.38. The van der Waals surface area contributed by atoms with Crippen LogP contribution in [-0.2, 0) is 18.1 Å². The van der Waals surface area contributed by atoms with Gasteiger partial charge >= 0.3 is 11.6 Å². The third-order valence-electron chi connectivity index (χ3n) is 2.14. The molecule has 0 aromatic carbocycles. The van der Waals surface area contributed by atoms with E-state index in [4.69, 9.17) is 19.9 Å². The van der Waals surface area contributed by atoms with Crippen molar-refractivity contribution in [2.75, 3.05) is 5.73 Å². The van der Waals surface area contributed by atoms with Crippen molar-refractivity contribution in [1.29, 1.82) is 0 Å². The highest BCUT2D eigenvalue weighted by atomic mass is 32.1. The van der Waals surface area contributed by atoms with Crippen LogP contribution in [0.25, 0.3) is 5.78 Å². The summed E-state index contributed by atoms with van der Waals surface area (Å²) in [6.07, 6.45) is 0. The number of aromatic nitrogens is 4. The van der Waals surface area contributed by atoms with Crippen LogP contribution in [0.4, 0.5) is 5.82 Å². The van der Waals surface area contributed by atoms with Crippen molar-refractivity contribution in [1.82, 2.24) is 19.6 Å². The molecule has 0 spiro atoms. The number of rotatable bonds is 1. The lowest BCUT2D eigenvalue weighted by Crippen LogP contribution is -2.11. The molecule has 0 fully saturated rings. The molecule has 4 N–H and O–H groups in total. The maximum atomic E-state index is 8.29. The summed E-state index contributed by atoms with van der Waals surface area (Å²) in [6.45, 7) is 4.02. The number of aryl methyl sites for hydroxylation is 2. The predicted octanol–water partition coefficient (Wildman–Crippen LogP) is -0.888. The van der Waals surface area contributed by atoms with E-state index < -0.39 is 11.6 Å². The molecule has 2 aromatic rings. The largest absolute Gasteiger partial charge is 0.383 e. The number of fused-ring (bicyclic) bond motifs is 1. The second-order valence-corrected chi connectivity index (χ2v) is 3.34. The predicted molar refractivity (Wildman–Crippen MR) is 61.5 cm³/mol. The summed E-state index contributed by atoms with van der Waals surface area (Å²) < 4.78 is 18.1. The van der Waals surface area contributed by atoms with E-state index in [9.17, 15) is 0 Å². The van der Waals surface area contributed by atoms with Crippen molar-refractivity contribution < 1.29 is 8.42 Å². The molecule has 0 atom stereocenters. The van der Waals surface area contributed by atoms with Gasteiger partial charge in [-0.25, -0.2) is 4.98 Å². The molecule has 2 aromatic heterocycles. The first-order chi connectivity index (χ1) is 8.04. The number of hydrogen-bond acceptors (Lipinski definition) is 7. The first-order valence-corrected chi connectivity index (χ1v) is 5.32. The van der Waals surface area contributed by atoms with Crippen LogP contribution < -0.4 is 11.5 Å². The Balaban J connectivity index is 0.000000437. The van der Waals surface area contributed by atoms with E-state index in [1.165, 1.54) is 4.52 Å². The molecule has 0 bridgehead atoms. The Kier molecular flexibility index (Phi) is 4.24. The van der Waals surface area contributed by atoms with Gasteiger partial charge in [0, 0.05) is 17.8 Å². The van der Waals surface area contributed by atoms with Gasteiger partial charge in [-0.05, 0) is 13.8 Å². The van der Waals surface area contributed by atoms with E-state index >= 15 is 0 Å². The molecule has 0 saturated heterocycles. The Hall–Kier alpha value is -1.87. The number of hydrogen-bond donors (Lipinski definition) is 2. The lowest BCUT2D eigenvalue weighted by molar-refractivity contribution is 0.630. The third kappa shape index (κ3) is 2.63. The maximum Gasteiger partial charge on any atom is 0.335 e. The highest BCUT2D eigenvalue weighted by molar-refractivity contribution is 7.51. The van der Waals surface area contributed by atoms with E-state index in [1.807, 2.05) is 6.92 Å². The Morgan fingerprint density at radius 2 is 1.88 bits per heavy atom. The van der Waals surface area contributed by atoms with Crippen molar-refractivity contribution in [3.05, 3.63) is 17.1 Å². The highest BCUT2D eigenvalue weighted by Gasteiger charge is 2.10. The molecule has 2 rings (SSSR count). The fourth-order valence-electron chi connectivity index (χ4n) is 1.42. The quantitative estimate of drug-likeness (QED) is 0.677. The second-order valence-electron chi connectivity index (χ2n) is 3.20. The number of nitrogens with two attached hydrogens (primary N) is 2. The molecule has 0 aliphatic heterocycles.